The minimum absolute atomic E-state index is 0.0888. The molecule has 94 valence electrons. The van der Waals surface area contributed by atoms with Crippen molar-refractivity contribution in [1.29, 1.82) is 0 Å². The van der Waals surface area contributed by atoms with Gasteiger partial charge in [0.2, 0.25) is 0 Å². The van der Waals surface area contributed by atoms with Crippen LogP contribution in [0.1, 0.15) is 44.9 Å². The van der Waals surface area contributed by atoms with Crippen molar-refractivity contribution >= 4 is 6.03 Å². The monoisotopic (exact) mass is 228 g/mol. The van der Waals surface area contributed by atoms with Gasteiger partial charge in [0.15, 0.2) is 0 Å². The van der Waals surface area contributed by atoms with Crippen molar-refractivity contribution in [3.63, 3.8) is 0 Å². The molecule has 0 radical (unpaired) electrons. The molecule has 1 heterocycles. The number of aliphatic hydroxyl groups is 1. The van der Waals surface area contributed by atoms with Crippen molar-refractivity contribution in [1.82, 2.24) is 10.2 Å². The van der Waals surface area contributed by atoms with Gasteiger partial charge in [-0.2, -0.15) is 0 Å². The predicted molar refractivity (Wildman–Crippen MR) is 64.4 cm³/mol. The summed E-state index contributed by atoms with van der Waals surface area (Å²) < 4.78 is 0. The summed E-state index contributed by atoms with van der Waals surface area (Å²) in [5.74, 6) is 0. The van der Waals surface area contributed by atoms with Crippen LogP contribution in [0, 0.1) is 0 Å². The summed E-state index contributed by atoms with van der Waals surface area (Å²) in [6.07, 6.45) is 7.55. The molecule has 0 unspecified atom stereocenters. The number of nitrogens with zero attached hydrogens (tertiary/aromatic N) is 1. The molecule has 0 aromatic carbocycles. The Kier molecular flexibility index (Phi) is 6.97. The maximum Gasteiger partial charge on any atom is 0.317 e. The van der Waals surface area contributed by atoms with Crippen molar-refractivity contribution in [3.8, 4) is 0 Å². The van der Waals surface area contributed by atoms with Crippen molar-refractivity contribution in [2.75, 3.05) is 26.2 Å². The van der Waals surface area contributed by atoms with Crippen LogP contribution in [0.15, 0.2) is 0 Å². The molecule has 2 amide bonds. The van der Waals surface area contributed by atoms with E-state index in [1.54, 1.807) is 0 Å². The molecule has 0 aliphatic carbocycles. The second-order valence-electron chi connectivity index (χ2n) is 4.42. The van der Waals surface area contributed by atoms with Gasteiger partial charge in [-0.25, -0.2) is 4.79 Å². The lowest BCUT2D eigenvalue weighted by Gasteiger charge is -2.20. The van der Waals surface area contributed by atoms with Crippen LogP contribution < -0.4 is 5.32 Å². The Labute approximate surface area is 98.0 Å². The minimum Gasteiger partial charge on any atom is -0.396 e. The first-order chi connectivity index (χ1) is 7.84. The summed E-state index contributed by atoms with van der Waals surface area (Å²) >= 11 is 0. The molecule has 0 spiro atoms. The average molecular weight is 228 g/mol. The van der Waals surface area contributed by atoms with Crippen molar-refractivity contribution in [3.05, 3.63) is 0 Å². The van der Waals surface area contributed by atoms with Crippen LogP contribution in [0.5, 0.6) is 0 Å². The second kappa shape index (κ2) is 8.39. The fourth-order valence-electron chi connectivity index (χ4n) is 1.99. The van der Waals surface area contributed by atoms with E-state index >= 15 is 0 Å². The van der Waals surface area contributed by atoms with Crippen molar-refractivity contribution in [2.24, 2.45) is 0 Å². The molecule has 0 atom stereocenters. The third kappa shape index (κ3) is 5.35. The highest BCUT2D eigenvalue weighted by atomic mass is 16.2. The fraction of sp³-hybridized carbons (Fsp3) is 0.917. The third-order valence-electron chi connectivity index (χ3n) is 3.00. The number of nitrogens with one attached hydrogen (secondary N) is 1. The van der Waals surface area contributed by atoms with Crippen LogP contribution in [0.25, 0.3) is 0 Å². The molecular formula is C12H24N2O2. The highest BCUT2D eigenvalue weighted by Crippen LogP contribution is 2.09. The second-order valence-corrected chi connectivity index (χ2v) is 4.42. The summed E-state index contributed by atoms with van der Waals surface area (Å²) in [4.78, 5) is 13.7. The standard InChI is InChI=1S/C12H24N2O2/c15-11-7-3-4-8-13-12(16)14-9-5-1-2-6-10-14/h15H,1-11H2,(H,13,16). The highest BCUT2D eigenvalue weighted by Gasteiger charge is 2.14. The van der Waals surface area contributed by atoms with Gasteiger partial charge >= 0.3 is 6.03 Å². The Morgan fingerprint density at radius 2 is 1.75 bits per heavy atom. The molecular weight excluding hydrogens is 204 g/mol. The van der Waals surface area contributed by atoms with Crippen LogP contribution >= 0.6 is 0 Å². The Balaban J connectivity index is 2.08. The molecule has 2 N–H and O–H groups in total. The van der Waals surface area contributed by atoms with E-state index in [2.05, 4.69) is 5.32 Å². The van der Waals surface area contributed by atoms with E-state index in [0.29, 0.717) is 0 Å². The zero-order valence-electron chi connectivity index (χ0n) is 10.1. The summed E-state index contributed by atoms with van der Waals surface area (Å²) in [6, 6.07) is 0.0888. The molecule has 0 aromatic heterocycles. The molecule has 0 saturated carbocycles. The first kappa shape index (κ1) is 13.3. The van der Waals surface area contributed by atoms with Crippen molar-refractivity contribution < 1.29 is 9.90 Å². The minimum atomic E-state index is 0.0888. The Bertz CT molecular complexity index is 189. The van der Waals surface area contributed by atoms with E-state index in [4.69, 9.17) is 5.11 Å². The van der Waals surface area contributed by atoms with Gasteiger partial charge in [0.1, 0.15) is 0 Å². The molecule has 4 nitrogen and oxygen atoms in total. The summed E-state index contributed by atoms with van der Waals surface area (Å²) in [7, 11) is 0. The molecule has 1 fully saturated rings. The SMILES string of the molecule is O=C(NCCCCCO)N1CCCCCC1. The quantitative estimate of drug-likeness (QED) is 0.704. The number of unbranched alkanes of at least 4 members (excludes halogenated alkanes) is 2. The lowest BCUT2D eigenvalue weighted by atomic mass is 10.2. The van der Waals surface area contributed by atoms with Crippen LogP contribution in [-0.2, 0) is 0 Å². The van der Waals surface area contributed by atoms with Gasteiger partial charge in [0, 0.05) is 26.2 Å². The molecule has 1 aliphatic rings. The molecule has 1 rings (SSSR count). The number of carbonyl (C=O) groups excluding carboxylic acids is 1. The number of hydrogen-bond donors (Lipinski definition) is 2. The Hall–Kier alpha value is -0.770. The number of aliphatic hydroxyl groups excluding tert-OH is 1. The van der Waals surface area contributed by atoms with Crippen LogP contribution in [-0.4, -0.2) is 42.3 Å². The van der Waals surface area contributed by atoms with E-state index < -0.39 is 0 Å². The smallest absolute Gasteiger partial charge is 0.317 e. The van der Waals surface area contributed by atoms with E-state index in [9.17, 15) is 4.79 Å². The topological polar surface area (TPSA) is 52.6 Å². The normalized spacial score (nSPS) is 16.9. The lowest BCUT2D eigenvalue weighted by molar-refractivity contribution is 0.199. The molecule has 1 saturated heterocycles. The number of rotatable bonds is 5. The fourth-order valence-corrected chi connectivity index (χ4v) is 1.99. The van der Waals surface area contributed by atoms with Crippen LogP contribution in [0.2, 0.25) is 0 Å². The molecule has 16 heavy (non-hydrogen) atoms. The van der Waals surface area contributed by atoms with Gasteiger partial charge in [-0.15, -0.1) is 0 Å². The predicted octanol–water partition coefficient (Wildman–Crippen LogP) is 1.73. The molecule has 0 aromatic rings. The van der Waals surface area contributed by atoms with Gasteiger partial charge in [0.25, 0.3) is 0 Å². The lowest BCUT2D eigenvalue weighted by Crippen LogP contribution is -2.40. The Morgan fingerprint density at radius 3 is 2.38 bits per heavy atom. The Morgan fingerprint density at radius 1 is 1.06 bits per heavy atom. The maximum absolute atomic E-state index is 11.7. The largest absolute Gasteiger partial charge is 0.396 e. The number of hydrogen-bond acceptors (Lipinski definition) is 2. The van der Waals surface area contributed by atoms with Gasteiger partial charge in [0.05, 0.1) is 0 Å². The summed E-state index contributed by atoms with van der Waals surface area (Å²) in [6.45, 7) is 2.79. The molecule has 1 aliphatic heterocycles. The molecule has 0 bridgehead atoms. The van der Waals surface area contributed by atoms with Crippen LogP contribution in [0.4, 0.5) is 4.79 Å². The van der Waals surface area contributed by atoms with Gasteiger partial charge in [-0.05, 0) is 32.1 Å². The summed E-state index contributed by atoms with van der Waals surface area (Å²) in [5, 5.41) is 11.6. The summed E-state index contributed by atoms with van der Waals surface area (Å²) in [5.41, 5.74) is 0. The highest BCUT2D eigenvalue weighted by molar-refractivity contribution is 5.74. The van der Waals surface area contributed by atoms with Crippen LogP contribution in [0.3, 0.4) is 0 Å². The first-order valence-corrected chi connectivity index (χ1v) is 6.48. The molecule has 4 heteroatoms. The van der Waals surface area contributed by atoms with Gasteiger partial charge in [-0.3, -0.25) is 0 Å². The van der Waals surface area contributed by atoms with E-state index in [1.165, 1.54) is 12.8 Å². The number of likely N-dealkylation sites (tertiary alicyclic amines) is 1. The van der Waals surface area contributed by atoms with Gasteiger partial charge < -0.3 is 15.3 Å². The van der Waals surface area contributed by atoms with Gasteiger partial charge in [-0.1, -0.05) is 12.8 Å². The van der Waals surface area contributed by atoms with E-state index in [0.717, 1.165) is 51.7 Å². The number of amides is 2. The zero-order chi connectivity index (χ0) is 11.6. The zero-order valence-corrected chi connectivity index (χ0v) is 10.1. The number of urea groups is 1. The van der Waals surface area contributed by atoms with Crippen molar-refractivity contribution in [2.45, 2.75) is 44.9 Å². The third-order valence-corrected chi connectivity index (χ3v) is 3.00. The van der Waals surface area contributed by atoms with E-state index in [-0.39, 0.29) is 12.6 Å². The van der Waals surface area contributed by atoms with E-state index in [1.807, 2.05) is 4.90 Å². The first-order valence-electron chi connectivity index (χ1n) is 6.48. The number of carbonyl (C=O) groups is 1. The average Bonchev–Trinajstić information content (AvgIpc) is 2.57. The maximum atomic E-state index is 11.7.